The first-order valence-corrected chi connectivity index (χ1v) is 19.0. The van der Waals surface area contributed by atoms with Gasteiger partial charge in [0.1, 0.15) is 30.6 Å². The molecule has 13 heteroatoms. The molecule has 5 rings (SSSR count). The number of carbonyl (C=O) groups is 4. The molecule has 1 aliphatic carbocycles. The maximum atomic E-state index is 14.9. The van der Waals surface area contributed by atoms with Crippen molar-refractivity contribution in [2.24, 2.45) is 0 Å². The summed E-state index contributed by atoms with van der Waals surface area (Å²) >= 11 is 0. The molecule has 0 saturated carbocycles. The Bertz CT molecular complexity index is 2020. The van der Waals surface area contributed by atoms with E-state index in [1.807, 2.05) is 78.9 Å². The van der Waals surface area contributed by atoms with Crippen molar-refractivity contribution in [2.75, 3.05) is 55.1 Å². The highest BCUT2D eigenvalue weighted by molar-refractivity contribution is 5.90. The molecule has 0 radical (unpaired) electrons. The summed E-state index contributed by atoms with van der Waals surface area (Å²) in [4.78, 5) is 59.4. The minimum Gasteiger partial charge on any atom is -0.496 e. The van der Waals surface area contributed by atoms with Crippen LogP contribution in [-0.4, -0.2) is 106 Å². The Morgan fingerprint density at radius 1 is 0.690 bits per heavy atom. The van der Waals surface area contributed by atoms with Crippen molar-refractivity contribution in [3.05, 3.63) is 113 Å². The first kappa shape index (κ1) is 42.9. The van der Waals surface area contributed by atoms with E-state index in [0.29, 0.717) is 22.8 Å². The Hall–Kier alpha value is -6.24. The molecule has 0 saturated heterocycles. The number of benzene rings is 4. The lowest BCUT2D eigenvalue weighted by Crippen LogP contribution is -2.52. The number of fused-ring (bicyclic) bond motifs is 3. The Morgan fingerprint density at radius 2 is 1.26 bits per heavy atom. The van der Waals surface area contributed by atoms with Crippen LogP contribution in [0, 0.1) is 0 Å². The van der Waals surface area contributed by atoms with Gasteiger partial charge in [-0.25, -0.2) is 9.59 Å². The van der Waals surface area contributed by atoms with Gasteiger partial charge in [0, 0.05) is 51.3 Å². The van der Waals surface area contributed by atoms with Crippen LogP contribution in [0.1, 0.15) is 55.4 Å². The first-order chi connectivity index (χ1) is 27.7. The highest BCUT2D eigenvalue weighted by Gasteiger charge is 2.36. The molecular formula is C45H53N3O10. The molecule has 0 aliphatic heterocycles. The number of hydrogen-bond donors (Lipinski definition) is 0. The lowest BCUT2D eigenvalue weighted by Gasteiger charge is -2.33. The van der Waals surface area contributed by atoms with Crippen molar-refractivity contribution in [3.8, 4) is 28.4 Å². The number of carbonyl (C=O) groups excluding carboxylic acids is 4. The van der Waals surface area contributed by atoms with Crippen LogP contribution >= 0.6 is 0 Å². The van der Waals surface area contributed by atoms with Crippen molar-refractivity contribution >= 4 is 24.1 Å². The second-order valence-electron chi connectivity index (χ2n) is 15.0. The van der Waals surface area contributed by atoms with Crippen molar-refractivity contribution in [2.45, 2.75) is 57.9 Å². The number of ether oxygens (including phenoxy) is 6. The standard InChI is InChI=1S/C45H53N3O10/c1-45(2,3)58-43(51)46(4)22-23-48(27-31-24-39(54-7)40(55-8)26-38(31)53-6)42(50)37(25-41(49)56-28-30-16-10-9-11-17-30)47(5)44(52)57-29-36-34-20-14-12-18-32(34)33-19-13-15-21-35(33)36/h9-21,24,26,36-37H,22-23,25,27-29H2,1-8H3/t37-/m0/s1. The summed E-state index contributed by atoms with van der Waals surface area (Å²) in [6.07, 6.45) is -1.86. The Morgan fingerprint density at radius 3 is 1.84 bits per heavy atom. The van der Waals surface area contributed by atoms with Crippen LogP contribution in [-0.2, 0) is 37.0 Å². The molecular weight excluding hydrogens is 743 g/mol. The molecule has 0 bridgehead atoms. The van der Waals surface area contributed by atoms with Gasteiger partial charge in [-0.05, 0) is 54.7 Å². The molecule has 1 aliphatic rings. The topological polar surface area (TPSA) is 133 Å². The van der Waals surface area contributed by atoms with Crippen LogP contribution in [0.4, 0.5) is 9.59 Å². The Kier molecular flexibility index (Phi) is 14.3. The summed E-state index contributed by atoms with van der Waals surface area (Å²) in [5, 5.41) is 0. The van der Waals surface area contributed by atoms with Crippen LogP contribution in [0.2, 0.25) is 0 Å². The van der Waals surface area contributed by atoms with E-state index in [9.17, 15) is 19.2 Å². The average Bonchev–Trinajstić information content (AvgIpc) is 3.54. The summed E-state index contributed by atoms with van der Waals surface area (Å²) in [5.41, 5.74) is 4.75. The smallest absolute Gasteiger partial charge is 0.410 e. The van der Waals surface area contributed by atoms with Gasteiger partial charge >= 0.3 is 18.2 Å². The van der Waals surface area contributed by atoms with E-state index in [0.717, 1.165) is 32.7 Å². The Labute approximate surface area is 340 Å². The number of likely N-dealkylation sites (N-methyl/N-ethyl adjacent to an activating group) is 2. The number of nitrogens with zero attached hydrogens (tertiary/aromatic N) is 3. The minimum absolute atomic E-state index is 0.00377. The fourth-order valence-electron chi connectivity index (χ4n) is 6.77. The highest BCUT2D eigenvalue weighted by atomic mass is 16.6. The molecule has 4 aromatic carbocycles. The van der Waals surface area contributed by atoms with E-state index in [2.05, 4.69) is 0 Å². The lowest BCUT2D eigenvalue weighted by atomic mass is 9.98. The van der Waals surface area contributed by atoms with Crippen molar-refractivity contribution in [3.63, 3.8) is 0 Å². The van der Waals surface area contributed by atoms with Crippen molar-refractivity contribution < 1.29 is 47.6 Å². The van der Waals surface area contributed by atoms with Gasteiger partial charge in [0.05, 0.1) is 27.8 Å². The molecule has 0 heterocycles. The predicted molar refractivity (Wildman–Crippen MR) is 218 cm³/mol. The number of esters is 1. The largest absolute Gasteiger partial charge is 0.496 e. The number of hydrogen-bond acceptors (Lipinski definition) is 10. The number of methoxy groups -OCH3 is 3. The predicted octanol–water partition coefficient (Wildman–Crippen LogP) is 7.29. The quantitative estimate of drug-likeness (QED) is 0.0841. The molecule has 0 spiro atoms. The SMILES string of the molecule is COc1cc(OC)c(OC)cc1CN(CCN(C)C(=O)OC(C)(C)C)C(=O)[C@H](CC(=O)OCc1ccccc1)N(C)C(=O)OCC1c2ccccc2-c2ccccc21. The summed E-state index contributed by atoms with van der Waals surface area (Å²) in [7, 11) is 7.47. The number of rotatable bonds is 16. The van der Waals surface area contributed by atoms with Gasteiger partial charge in [-0.15, -0.1) is 0 Å². The van der Waals surface area contributed by atoms with Crippen molar-refractivity contribution in [1.29, 1.82) is 0 Å². The van der Waals surface area contributed by atoms with Gasteiger partial charge in [0.2, 0.25) is 5.91 Å². The summed E-state index contributed by atoms with van der Waals surface area (Å²) in [5.74, 6) is -0.308. The van der Waals surface area contributed by atoms with Crippen molar-refractivity contribution in [1.82, 2.24) is 14.7 Å². The van der Waals surface area contributed by atoms with Crippen LogP contribution in [0.25, 0.3) is 11.1 Å². The summed E-state index contributed by atoms with van der Waals surface area (Å²) < 4.78 is 33.8. The zero-order chi connectivity index (χ0) is 42.0. The maximum Gasteiger partial charge on any atom is 0.410 e. The Balaban J connectivity index is 1.45. The highest BCUT2D eigenvalue weighted by Crippen LogP contribution is 2.44. The molecule has 308 valence electrons. The molecule has 0 N–H and O–H groups in total. The molecule has 58 heavy (non-hydrogen) atoms. The lowest BCUT2D eigenvalue weighted by molar-refractivity contribution is -0.150. The van der Waals surface area contributed by atoms with Crippen LogP contribution in [0.15, 0.2) is 91.0 Å². The molecule has 0 unspecified atom stereocenters. The van der Waals surface area contributed by atoms with E-state index in [4.69, 9.17) is 28.4 Å². The summed E-state index contributed by atoms with van der Waals surface area (Å²) in [6.45, 7) is 5.25. The minimum atomic E-state index is -1.36. The van der Waals surface area contributed by atoms with Crippen LogP contribution in [0.5, 0.6) is 17.2 Å². The monoisotopic (exact) mass is 795 g/mol. The van der Waals surface area contributed by atoms with Crippen LogP contribution in [0.3, 0.4) is 0 Å². The third kappa shape index (κ3) is 10.6. The van der Waals surface area contributed by atoms with Gasteiger partial charge in [-0.3, -0.25) is 14.5 Å². The normalized spacial score (nSPS) is 12.3. The van der Waals surface area contributed by atoms with Gasteiger partial charge in [-0.1, -0.05) is 78.9 Å². The summed E-state index contributed by atoms with van der Waals surface area (Å²) in [6, 6.07) is 27.1. The van der Waals surface area contributed by atoms with Gasteiger partial charge in [0.15, 0.2) is 11.5 Å². The zero-order valence-electron chi connectivity index (χ0n) is 34.5. The molecule has 1 atom stereocenters. The van der Waals surface area contributed by atoms with E-state index in [1.54, 1.807) is 40.0 Å². The molecule has 13 nitrogen and oxygen atoms in total. The van der Waals surface area contributed by atoms with E-state index >= 15 is 0 Å². The van der Waals surface area contributed by atoms with Gasteiger partial charge < -0.3 is 38.2 Å². The van der Waals surface area contributed by atoms with Gasteiger partial charge in [-0.2, -0.15) is 0 Å². The molecule has 0 fully saturated rings. The van der Waals surface area contributed by atoms with Crippen LogP contribution < -0.4 is 14.2 Å². The maximum absolute atomic E-state index is 14.9. The molecule has 0 aromatic heterocycles. The third-order valence-corrected chi connectivity index (χ3v) is 9.85. The number of amides is 3. The van der Waals surface area contributed by atoms with E-state index in [-0.39, 0.29) is 38.8 Å². The average molecular weight is 796 g/mol. The third-order valence-electron chi connectivity index (χ3n) is 9.85. The van der Waals surface area contributed by atoms with E-state index < -0.39 is 42.1 Å². The fourth-order valence-corrected chi connectivity index (χ4v) is 6.77. The van der Waals surface area contributed by atoms with E-state index in [1.165, 1.54) is 38.2 Å². The second kappa shape index (κ2) is 19.3. The zero-order valence-corrected chi connectivity index (χ0v) is 34.5. The van der Waals surface area contributed by atoms with Gasteiger partial charge in [0.25, 0.3) is 0 Å². The molecule has 4 aromatic rings. The first-order valence-electron chi connectivity index (χ1n) is 19.0. The fraction of sp³-hybridized carbons (Fsp3) is 0.378. The molecule has 3 amide bonds. The second-order valence-corrected chi connectivity index (χ2v) is 15.0.